The summed E-state index contributed by atoms with van der Waals surface area (Å²) in [5, 5.41) is 9.64. The number of pyridine rings is 1. The van der Waals surface area contributed by atoms with Gasteiger partial charge in [-0.15, -0.1) is 0 Å². The van der Waals surface area contributed by atoms with Crippen LogP contribution in [0.4, 0.5) is 5.69 Å². The van der Waals surface area contributed by atoms with Crippen LogP contribution in [0.25, 0.3) is 0 Å². The molecular weight excluding hydrogens is 346 g/mol. The summed E-state index contributed by atoms with van der Waals surface area (Å²) in [5.41, 5.74) is 2.53. The second-order valence-electron chi connectivity index (χ2n) is 7.21. The minimum atomic E-state index is -0.395. The Bertz CT molecular complexity index is 981. The smallest absolute Gasteiger partial charge is 0.250 e. The number of phenols is 1. The highest BCUT2D eigenvalue weighted by molar-refractivity contribution is 6.00. The number of aryl methyl sites for hydroxylation is 1. The molecule has 3 heterocycles. The highest BCUT2D eigenvalue weighted by atomic mass is 16.3. The molecule has 0 saturated carbocycles. The number of nitrogens with zero attached hydrogens (tertiary/aromatic N) is 3. The van der Waals surface area contributed by atoms with E-state index in [-0.39, 0.29) is 29.5 Å². The summed E-state index contributed by atoms with van der Waals surface area (Å²) in [4.78, 5) is 40.5. The van der Waals surface area contributed by atoms with Crippen LogP contribution in [0.15, 0.2) is 41.3 Å². The van der Waals surface area contributed by atoms with E-state index < -0.39 is 5.92 Å². The highest BCUT2D eigenvalue weighted by Crippen LogP contribution is 2.29. The summed E-state index contributed by atoms with van der Waals surface area (Å²) in [7, 11) is 1.70. The lowest BCUT2D eigenvalue weighted by Crippen LogP contribution is -2.41. The summed E-state index contributed by atoms with van der Waals surface area (Å²) in [6, 6.07) is 8.15. The molecule has 7 nitrogen and oxygen atoms in total. The fourth-order valence-electron chi connectivity index (χ4n) is 3.87. The molecule has 0 spiro atoms. The molecule has 1 atom stereocenters. The van der Waals surface area contributed by atoms with E-state index >= 15 is 0 Å². The maximum Gasteiger partial charge on any atom is 0.250 e. The molecule has 0 bridgehead atoms. The average molecular weight is 367 g/mol. The number of rotatable bonds is 2. The molecule has 1 saturated heterocycles. The fraction of sp³-hybridized carbons (Fsp3) is 0.350. The predicted molar refractivity (Wildman–Crippen MR) is 99.4 cm³/mol. The zero-order valence-corrected chi connectivity index (χ0v) is 15.1. The van der Waals surface area contributed by atoms with Crippen LogP contribution in [0.3, 0.4) is 0 Å². The SMILES string of the molecule is Cn1cc2c(cc1=O)CCN(C(=O)C1CC(=O)N(c3cccc(O)c3)C1)C2. The predicted octanol–water partition coefficient (Wildman–Crippen LogP) is 1.03. The lowest BCUT2D eigenvalue weighted by molar-refractivity contribution is -0.136. The molecule has 7 heteroatoms. The topological polar surface area (TPSA) is 82.9 Å². The maximum absolute atomic E-state index is 13.0. The zero-order chi connectivity index (χ0) is 19.1. The first kappa shape index (κ1) is 17.3. The molecule has 2 amide bonds. The van der Waals surface area contributed by atoms with E-state index in [1.165, 1.54) is 10.6 Å². The molecule has 1 unspecified atom stereocenters. The molecule has 2 aliphatic rings. The number of hydrogen-bond donors (Lipinski definition) is 1. The Morgan fingerprint density at radius 3 is 2.78 bits per heavy atom. The number of aromatic nitrogens is 1. The molecule has 4 rings (SSSR count). The molecule has 2 aromatic rings. The van der Waals surface area contributed by atoms with E-state index in [1.54, 1.807) is 47.3 Å². The van der Waals surface area contributed by atoms with E-state index in [9.17, 15) is 19.5 Å². The Morgan fingerprint density at radius 1 is 1.19 bits per heavy atom. The van der Waals surface area contributed by atoms with Crippen molar-refractivity contribution in [2.75, 3.05) is 18.0 Å². The van der Waals surface area contributed by atoms with Gasteiger partial charge in [0.1, 0.15) is 5.75 Å². The van der Waals surface area contributed by atoms with E-state index in [0.29, 0.717) is 31.7 Å². The van der Waals surface area contributed by atoms with Gasteiger partial charge in [0.15, 0.2) is 0 Å². The second-order valence-corrected chi connectivity index (χ2v) is 7.21. The van der Waals surface area contributed by atoms with Gasteiger partial charge in [0.05, 0.1) is 5.92 Å². The standard InChI is InChI=1S/C20H21N3O4/c1-21-10-15-11-22(6-5-13(15)7-18(21)25)20(27)14-8-19(26)23(12-14)16-3-2-4-17(24)9-16/h2-4,7,9-10,14,24H,5-6,8,11-12H2,1H3. The number of benzene rings is 1. The van der Waals surface area contributed by atoms with Crippen LogP contribution in [-0.4, -0.2) is 39.5 Å². The molecule has 27 heavy (non-hydrogen) atoms. The van der Waals surface area contributed by atoms with Crippen molar-refractivity contribution < 1.29 is 14.7 Å². The van der Waals surface area contributed by atoms with Crippen molar-refractivity contribution in [1.82, 2.24) is 9.47 Å². The Balaban J connectivity index is 1.50. The van der Waals surface area contributed by atoms with Gasteiger partial charge in [0.25, 0.3) is 5.56 Å². The molecular formula is C20H21N3O4. The summed E-state index contributed by atoms with van der Waals surface area (Å²) < 4.78 is 1.52. The van der Waals surface area contributed by atoms with Gasteiger partial charge in [-0.1, -0.05) is 6.07 Å². The van der Waals surface area contributed by atoms with Crippen molar-refractivity contribution in [2.24, 2.45) is 13.0 Å². The van der Waals surface area contributed by atoms with E-state index in [4.69, 9.17) is 0 Å². The third-order valence-corrected chi connectivity index (χ3v) is 5.35. The summed E-state index contributed by atoms with van der Waals surface area (Å²) in [5.74, 6) is -0.452. The summed E-state index contributed by atoms with van der Waals surface area (Å²) in [6.07, 6.45) is 2.61. The van der Waals surface area contributed by atoms with Gasteiger partial charge in [-0.3, -0.25) is 14.4 Å². The molecule has 1 aromatic carbocycles. The lowest BCUT2D eigenvalue weighted by Gasteiger charge is -2.31. The fourth-order valence-corrected chi connectivity index (χ4v) is 3.87. The maximum atomic E-state index is 13.0. The van der Waals surface area contributed by atoms with Crippen LogP contribution in [-0.2, 0) is 29.6 Å². The van der Waals surface area contributed by atoms with Gasteiger partial charge in [-0.05, 0) is 29.7 Å². The second kappa shape index (κ2) is 6.57. The van der Waals surface area contributed by atoms with E-state index in [0.717, 1.165) is 11.1 Å². The lowest BCUT2D eigenvalue weighted by atomic mass is 9.99. The van der Waals surface area contributed by atoms with Crippen molar-refractivity contribution in [1.29, 1.82) is 0 Å². The van der Waals surface area contributed by atoms with Crippen molar-refractivity contribution >= 4 is 17.5 Å². The van der Waals surface area contributed by atoms with Crippen LogP contribution < -0.4 is 10.5 Å². The molecule has 1 fully saturated rings. The van der Waals surface area contributed by atoms with Crippen LogP contribution in [0.1, 0.15) is 17.5 Å². The van der Waals surface area contributed by atoms with Gasteiger partial charge < -0.3 is 19.5 Å². The number of hydrogen-bond acceptors (Lipinski definition) is 4. The van der Waals surface area contributed by atoms with Crippen molar-refractivity contribution in [3.8, 4) is 5.75 Å². The van der Waals surface area contributed by atoms with Gasteiger partial charge in [0, 0.05) is 57.1 Å². The van der Waals surface area contributed by atoms with Gasteiger partial charge in [-0.25, -0.2) is 0 Å². The van der Waals surface area contributed by atoms with Crippen LogP contribution in [0, 0.1) is 5.92 Å². The Hall–Kier alpha value is -3.09. The summed E-state index contributed by atoms with van der Waals surface area (Å²) in [6.45, 7) is 1.33. The molecule has 1 N–H and O–H groups in total. The Labute approximate surface area is 156 Å². The van der Waals surface area contributed by atoms with Crippen LogP contribution >= 0.6 is 0 Å². The monoisotopic (exact) mass is 367 g/mol. The average Bonchev–Trinajstić information content (AvgIpc) is 3.03. The molecule has 0 radical (unpaired) electrons. The van der Waals surface area contributed by atoms with Crippen molar-refractivity contribution in [2.45, 2.75) is 19.4 Å². The summed E-state index contributed by atoms with van der Waals surface area (Å²) >= 11 is 0. The van der Waals surface area contributed by atoms with Crippen molar-refractivity contribution in [3.05, 3.63) is 58.0 Å². The number of phenolic OH excluding ortho intramolecular Hbond substituents is 1. The number of fused-ring (bicyclic) bond motifs is 1. The highest BCUT2D eigenvalue weighted by Gasteiger charge is 2.38. The largest absolute Gasteiger partial charge is 0.508 e. The zero-order valence-electron chi connectivity index (χ0n) is 15.1. The number of amides is 2. The number of aromatic hydroxyl groups is 1. The minimum absolute atomic E-state index is 0.0366. The first-order valence-electron chi connectivity index (χ1n) is 8.99. The van der Waals surface area contributed by atoms with Gasteiger partial charge in [0.2, 0.25) is 11.8 Å². The Kier molecular flexibility index (Phi) is 4.22. The first-order chi connectivity index (χ1) is 12.9. The van der Waals surface area contributed by atoms with Crippen molar-refractivity contribution in [3.63, 3.8) is 0 Å². The van der Waals surface area contributed by atoms with Gasteiger partial charge >= 0.3 is 0 Å². The number of carbonyl (C=O) groups excluding carboxylic acids is 2. The normalized spacial score (nSPS) is 19.3. The quantitative estimate of drug-likeness (QED) is 0.859. The van der Waals surface area contributed by atoms with Crippen LogP contribution in [0.5, 0.6) is 5.75 Å². The molecule has 0 aliphatic carbocycles. The minimum Gasteiger partial charge on any atom is -0.508 e. The van der Waals surface area contributed by atoms with Crippen LogP contribution in [0.2, 0.25) is 0 Å². The third kappa shape index (κ3) is 3.20. The molecule has 2 aliphatic heterocycles. The number of anilines is 1. The van der Waals surface area contributed by atoms with E-state index in [2.05, 4.69) is 0 Å². The Morgan fingerprint density at radius 2 is 2.00 bits per heavy atom. The van der Waals surface area contributed by atoms with Gasteiger partial charge in [-0.2, -0.15) is 0 Å². The molecule has 1 aromatic heterocycles. The number of carbonyl (C=O) groups is 2. The third-order valence-electron chi connectivity index (χ3n) is 5.35. The van der Waals surface area contributed by atoms with E-state index in [1.807, 2.05) is 0 Å². The first-order valence-corrected chi connectivity index (χ1v) is 8.99. The molecule has 140 valence electrons.